The number of nitrogens with zero attached hydrogens (tertiary/aromatic N) is 5. The molecule has 2 aromatic heterocycles. The van der Waals surface area contributed by atoms with Crippen molar-refractivity contribution in [1.82, 2.24) is 19.4 Å². The summed E-state index contributed by atoms with van der Waals surface area (Å²) in [6.45, 7) is 1.74. The van der Waals surface area contributed by atoms with Gasteiger partial charge in [-0.15, -0.1) is 0 Å². The van der Waals surface area contributed by atoms with Crippen LogP contribution in [0.15, 0.2) is 61.1 Å². The molecule has 2 aliphatic heterocycles. The highest BCUT2D eigenvalue weighted by atomic mass is 16.5. The summed E-state index contributed by atoms with van der Waals surface area (Å²) in [4.78, 5) is 26.6. The SMILES string of the molecule is Cn1ccnc1CN1CC2CC1C(=O)N(Cc1ccccn1)c1ccccc1O2. The zero-order valence-corrected chi connectivity index (χ0v) is 16.3. The Kier molecular flexibility index (Phi) is 4.52. The van der Waals surface area contributed by atoms with Gasteiger partial charge in [-0.1, -0.05) is 18.2 Å². The van der Waals surface area contributed by atoms with Gasteiger partial charge in [0.15, 0.2) is 0 Å². The Morgan fingerprint density at radius 1 is 1.07 bits per heavy atom. The lowest BCUT2D eigenvalue weighted by Gasteiger charge is -2.31. The van der Waals surface area contributed by atoms with Gasteiger partial charge >= 0.3 is 0 Å². The van der Waals surface area contributed by atoms with Crippen LogP contribution in [0.5, 0.6) is 5.75 Å². The first-order chi connectivity index (χ1) is 14.2. The van der Waals surface area contributed by atoms with E-state index in [1.807, 2.05) is 65.2 Å². The van der Waals surface area contributed by atoms with Crippen LogP contribution in [0.2, 0.25) is 0 Å². The third kappa shape index (κ3) is 3.38. The largest absolute Gasteiger partial charge is 0.487 e. The van der Waals surface area contributed by atoms with Crippen molar-refractivity contribution >= 4 is 11.6 Å². The fourth-order valence-electron chi connectivity index (χ4n) is 4.18. The van der Waals surface area contributed by atoms with E-state index in [0.717, 1.165) is 23.0 Å². The molecule has 7 heteroatoms. The van der Waals surface area contributed by atoms with Gasteiger partial charge in [0.2, 0.25) is 5.91 Å². The number of fused-ring (bicyclic) bond motifs is 3. The minimum Gasteiger partial charge on any atom is -0.487 e. The number of benzene rings is 1. The maximum atomic E-state index is 13.7. The quantitative estimate of drug-likeness (QED) is 0.686. The molecule has 0 spiro atoms. The zero-order valence-electron chi connectivity index (χ0n) is 16.3. The summed E-state index contributed by atoms with van der Waals surface area (Å²) in [5, 5.41) is 0. The van der Waals surface area contributed by atoms with Crippen LogP contribution >= 0.6 is 0 Å². The summed E-state index contributed by atoms with van der Waals surface area (Å²) in [5.74, 6) is 1.78. The number of pyridine rings is 1. The van der Waals surface area contributed by atoms with Crippen LogP contribution in [0.1, 0.15) is 17.9 Å². The highest BCUT2D eigenvalue weighted by Gasteiger charge is 2.43. The third-order valence-electron chi connectivity index (χ3n) is 5.68. The van der Waals surface area contributed by atoms with Crippen molar-refractivity contribution in [3.8, 4) is 5.75 Å². The summed E-state index contributed by atoms with van der Waals surface area (Å²) >= 11 is 0. The van der Waals surface area contributed by atoms with Crippen LogP contribution < -0.4 is 9.64 Å². The molecular weight excluding hydrogens is 366 g/mol. The van der Waals surface area contributed by atoms with Crippen molar-refractivity contribution in [3.63, 3.8) is 0 Å². The number of aryl methyl sites for hydroxylation is 1. The second-order valence-corrected chi connectivity index (χ2v) is 7.59. The molecule has 1 aromatic carbocycles. The third-order valence-corrected chi connectivity index (χ3v) is 5.68. The Morgan fingerprint density at radius 2 is 1.93 bits per heavy atom. The maximum Gasteiger partial charge on any atom is 0.244 e. The molecule has 0 aliphatic carbocycles. The van der Waals surface area contributed by atoms with Crippen molar-refractivity contribution in [2.75, 3.05) is 11.4 Å². The molecule has 2 aliphatic rings. The molecule has 0 N–H and O–H groups in total. The van der Waals surface area contributed by atoms with Gasteiger partial charge in [-0.05, 0) is 24.3 Å². The highest BCUT2D eigenvalue weighted by molar-refractivity contribution is 5.99. The van der Waals surface area contributed by atoms with Crippen molar-refractivity contribution in [2.45, 2.75) is 31.7 Å². The molecule has 2 unspecified atom stereocenters. The molecule has 7 nitrogen and oxygen atoms in total. The lowest BCUT2D eigenvalue weighted by molar-refractivity contribution is -0.123. The molecule has 1 amide bonds. The number of hydrogen-bond donors (Lipinski definition) is 0. The number of hydrogen-bond acceptors (Lipinski definition) is 5. The molecule has 29 heavy (non-hydrogen) atoms. The van der Waals surface area contributed by atoms with Gasteiger partial charge in [0.25, 0.3) is 0 Å². The van der Waals surface area contributed by atoms with Crippen LogP contribution in [0.3, 0.4) is 0 Å². The number of rotatable bonds is 4. The molecule has 0 saturated carbocycles. The Morgan fingerprint density at radius 3 is 2.72 bits per heavy atom. The Labute approximate surface area is 169 Å². The van der Waals surface area contributed by atoms with Gasteiger partial charge in [-0.3, -0.25) is 14.7 Å². The van der Waals surface area contributed by atoms with Gasteiger partial charge in [0.05, 0.1) is 30.5 Å². The Balaban J connectivity index is 1.50. The van der Waals surface area contributed by atoms with E-state index in [0.29, 0.717) is 26.1 Å². The lowest BCUT2D eigenvalue weighted by atomic mass is 10.1. The first-order valence-electron chi connectivity index (χ1n) is 9.86. The summed E-state index contributed by atoms with van der Waals surface area (Å²) in [6.07, 6.45) is 6.14. The summed E-state index contributed by atoms with van der Waals surface area (Å²) in [5.41, 5.74) is 1.65. The molecule has 1 saturated heterocycles. The van der Waals surface area contributed by atoms with E-state index in [1.54, 1.807) is 12.4 Å². The molecular formula is C22H23N5O2. The number of ether oxygens (including phenoxy) is 1. The number of aromatic nitrogens is 3. The molecule has 1 fully saturated rings. The lowest BCUT2D eigenvalue weighted by Crippen LogP contribution is -2.46. The maximum absolute atomic E-state index is 13.7. The smallest absolute Gasteiger partial charge is 0.244 e. The van der Waals surface area contributed by atoms with Crippen LogP contribution in [0.4, 0.5) is 5.69 Å². The Bertz CT molecular complexity index is 1020. The fraction of sp³-hybridized carbons (Fsp3) is 0.318. The van der Waals surface area contributed by atoms with E-state index < -0.39 is 0 Å². The van der Waals surface area contributed by atoms with E-state index in [1.165, 1.54) is 0 Å². The molecule has 3 aromatic rings. The van der Waals surface area contributed by atoms with Gasteiger partial charge < -0.3 is 14.2 Å². The van der Waals surface area contributed by atoms with E-state index >= 15 is 0 Å². The van der Waals surface area contributed by atoms with E-state index in [-0.39, 0.29) is 18.1 Å². The highest BCUT2D eigenvalue weighted by Crippen LogP contribution is 2.37. The molecule has 2 atom stereocenters. The first kappa shape index (κ1) is 17.9. The predicted octanol–water partition coefficient (Wildman–Crippen LogP) is 2.38. The number of para-hydroxylation sites is 2. The summed E-state index contributed by atoms with van der Waals surface area (Å²) in [7, 11) is 1.98. The van der Waals surface area contributed by atoms with Gasteiger partial charge in [-0.25, -0.2) is 4.98 Å². The molecule has 5 rings (SSSR count). The summed E-state index contributed by atoms with van der Waals surface area (Å²) in [6, 6.07) is 13.3. The number of imidazole rings is 1. The fourth-order valence-corrected chi connectivity index (χ4v) is 4.18. The molecule has 0 radical (unpaired) electrons. The standard InChI is InChI=1S/C22H23N5O2/c1-25-11-10-24-21(25)15-26-14-17-12-19(26)22(28)27(13-16-6-4-5-9-23-16)18-7-2-3-8-20(18)29-17/h2-11,17,19H,12-15H2,1H3. The van der Waals surface area contributed by atoms with Crippen molar-refractivity contribution in [1.29, 1.82) is 0 Å². The second kappa shape index (κ2) is 7.33. The number of anilines is 1. The van der Waals surface area contributed by atoms with Crippen molar-refractivity contribution in [3.05, 3.63) is 72.6 Å². The minimum atomic E-state index is -0.242. The van der Waals surface area contributed by atoms with E-state index in [9.17, 15) is 4.79 Å². The van der Waals surface area contributed by atoms with Crippen molar-refractivity contribution < 1.29 is 9.53 Å². The molecule has 148 valence electrons. The van der Waals surface area contributed by atoms with Crippen LogP contribution in [0.25, 0.3) is 0 Å². The first-order valence-corrected chi connectivity index (χ1v) is 9.86. The predicted molar refractivity (Wildman–Crippen MR) is 108 cm³/mol. The number of likely N-dealkylation sites (tertiary alicyclic amines) is 1. The Hall–Kier alpha value is -3.19. The number of amides is 1. The van der Waals surface area contributed by atoms with Crippen LogP contribution in [0, 0.1) is 0 Å². The topological polar surface area (TPSA) is 63.5 Å². The van der Waals surface area contributed by atoms with Gasteiger partial charge in [-0.2, -0.15) is 0 Å². The van der Waals surface area contributed by atoms with Crippen molar-refractivity contribution in [2.24, 2.45) is 7.05 Å². The van der Waals surface area contributed by atoms with Gasteiger partial charge in [0, 0.05) is 38.6 Å². The molecule has 4 heterocycles. The number of carbonyl (C=O) groups excluding carboxylic acids is 1. The second-order valence-electron chi connectivity index (χ2n) is 7.59. The molecule has 2 bridgehead atoms. The van der Waals surface area contributed by atoms with E-state index in [2.05, 4.69) is 14.9 Å². The zero-order chi connectivity index (χ0) is 19.8. The van der Waals surface area contributed by atoms with Crippen LogP contribution in [-0.2, 0) is 24.9 Å². The van der Waals surface area contributed by atoms with E-state index in [4.69, 9.17) is 4.74 Å². The normalized spacial score (nSPS) is 21.4. The summed E-state index contributed by atoms with van der Waals surface area (Å²) < 4.78 is 8.34. The van der Waals surface area contributed by atoms with Crippen LogP contribution in [-0.4, -0.2) is 44.0 Å². The van der Waals surface area contributed by atoms with Gasteiger partial charge in [0.1, 0.15) is 17.7 Å². The monoisotopic (exact) mass is 389 g/mol. The average Bonchev–Trinajstić information content (AvgIpc) is 3.33. The number of carbonyl (C=O) groups is 1. The average molecular weight is 389 g/mol. The minimum absolute atomic E-state index is 0.0117.